The van der Waals surface area contributed by atoms with Gasteiger partial charge in [-0.1, -0.05) is 11.8 Å². The van der Waals surface area contributed by atoms with Crippen molar-refractivity contribution in [1.29, 1.82) is 5.26 Å². The Hall–Kier alpha value is -3.24. The third-order valence-electron chi connectivity index (χ3n) is 3.89. The molecule has 0 saturated carbocycles. The zero-order valence-corrected chi connectivity index (χ0v) is 15.7. The number of hydrogen-bond donors (Lipinski definition) is 1. The number of nitrogens with zero attached hydrogens (tertiary/aromatic N) is 3. The van der Waals surface area contributed by atoms with E-state index < -0.39 is 0 Å². The number of thioether (sulfide) groups is 1. The van der Waals surface area contributed by atoms with E-state index in [4.69, 9.17) is 10.00 Å². The summed E-state index contributed by atoms with van der Waals surface area (Å²) in [7, 11) is 1.63. The number of hydrogen-bond acceptors (Lipinski definition) is 5. The Morgan fingerprint density at radius 1 is 1.22 bits per heavy atom. The Morgan fingerprint density at radius 2 is 1.93 bits per heavy atom. The minimum Gasteiger partial charge on any atom is -0.497 e. The molecule has 7 heteroatoms. The van der Waals surface area contributed by atoms with E-state index in [2.05, 4.69) is 16.4 Å². The van der Waals surface area contributed by atoms with Crippen LogP contribution >= 0.6 is 11.8 Å². The van der Waals surface area contributed by atoms with Gasteiger partial charge in [0.2, 0.25) is 5.91 Å². The SMILES string of the molecule is COc1ccc(-n2ccnc2S[C@H](C)C(=O)Nc2ccc(C#N)cc2)cc1. The lowest BCUT2D eigenvalue weighted by atomic mass is 10.2. The fraction of sp³-hybridized carbons (Fsp3) is 0.150. The average Bonchev–Trinajstić information content (AvgIpc) is 3.16. The van der Waals surface area contributed by atoms with E-state index >= 15 is 0 Å². The molecule has 3 aromatic rings. The van der Waals surface area contributed by atoms with Crippen LogP contribution in [-0.2, 0) is 4.79 Å². The molecular formula is C20H18N4O2S. The summed E-state index contributed by atoms with van der Waals surface area (Å²) in [5.74, 6) is 0.650. The van der Waals surface area contributed by atoms with Gasteiger partial charge in [0.05, 0.1) is 24.0 Å². The highest BCUT2D eigenvalue weighted by Gasteiger charge is 2.18. The first-order valence-electron chi connectivity index (χ1n) is 8.26. The first-order valence-corrected chi connectivity index (χ1v) is 9.14. The van der Waals surface area contributed by atoms with Crippen molar-refractivity contribution in [2.45, 2.75) is 17.3 Å². The number of benzene rings is 2. The Balaban J connectivity index is 1.68. The molecule has 0 fully saturated rings. The van der Waals surface area contributed by atoms with Crippen LogP contribution in [0.25, 0.3) is 5.69 Å². The molecule has 0 spiro atoms. The lowest BCUT2D eigenvalue weighted by Gasteiger charge is -2.13. The van der Waals surface area contributed by atoms with Gasteiger partial charge in [-0.25, -0.2) is 4.98 Å². The largest absolute Gasteiger partial charge is 0.497 e. The Morgan fingerprint density at radius 3 is 2.56 bits per heavy atom. The number of amides is 1. The summed E-state index contributed by atoms with van der Waals surface area (Å²) in [6.45, 7) is 1.83. The lowest BCUT2D eigenvalue weighted by Crippen LogP contribution is -2.22. The second-order valence-corrected chi connectivity index (χ2v) is 7.02. The molecule has 3 rings (SSSR count). The molecule has 2 aromatic carbocycles. The summed E-state index contributed by atoms with van der Waals surface area (Å²) >= 11 is 1.37. The van der Waals surface area contributed by atoms with Crippen molar-refractivity contribution in [2.24, 2.45) is 0 Å². The molecule has 0 aliphatic heterocycles. The Labute approximate surface area is 161 Å². The number of imidazole rings is 1. The molecule has 1 heterocycles. The maximum Gasteiger partial charge on any atom is 0.237 e. The van der Waals surface area contributed by atoms with E-state index in [0.717, 1.165) is 16.6 Å². The van der Waals surface area contributed by atoms with Crippen LogP contribution < -0.4 is 10.1 Å². The van der Waals surface area contributed by atoms with Gasteiger partial charge < -0.3 is 10.1 Å². The molecule has 0 radical (unpaired) electrons. The highest BCUT2D eigenvalue weighted by molar-refractivity contribution is 8.00. The monoisotopic (exact) mass is 378 g/mol. The number of aromatic nitrogens is 2. The Bertz CT molecular complexity index is 959. The third kappa shape index (κ3) is 4.49. The maximum absolute atomic E-state index is 12.5. The van der Waals surface area contributed by atoms with Crippen LogP contribution in [-0.4, -0.2) is 27.8 Å². The molecule has 0 unspecified atom stereocenters. The molecule has 6 nitrogen and oxygen atoms in total. The van der Waals surface area contributed by atoms with Gasteiger partial charge in [0, 0.05) is 23.8 Å². The molecule has 27 heavy (non-hydrogen) atoms. The zero-order chi connectivity index (χ0) is 19.2. The fourth-order valence-corrected chi connectivity index (χ4v) is 3.28. The zero-order valence-electron chi connectivity index (χ0n) is 14.9. The van der Waals surface area contributed by atoms with Crippen LogP contribution in [0.15, 0.2) is 66.1 Å². The van der Waals surface area contributed by atoms with Crippen molar-refractivity contribution in [3.8, 4) is 17.5 Å². The van der Waals surface area contributed by atoms with Crippen molar-refractivity contribution >= 4 is 23.4 Å². The molecule has 1 N–H and O–H groups in total. The van der Waals surface area contributed by atoms with E-state index in [1.807, 2.05) is 42.0 Å². The van der Waals surface area contributed by atoms with Gasteiger partial charge >= 0.3 is 0 Å². The maximum atomic E-state index is 12.5. The van der Waals surface area contributed by atoms with Crippen molar-refractivity contribution in [3.05, 3.63) is 66.5 Å². The standard InChI is InChI=1S/C20H18N4O2S/c1-14(19(25)23-16-5-3-15(13-21)4-6-16)27-20-22-11-12-24(20)17-7-9-18(26-2)10-8-17/h3-12,14H,1-2H3,(H,23,25)/t14-/m1/s1. The van der Waals surface area contributed by atoms with Gasteiger partial charge in [0.1, 0.15) is 5.75 Å². The van der Waals surface area contributed by atoms with E-state index in [-0.39, 0.29) is 11.2 Å². The van der Waals surface area contributed by atoms with Crippen LogP contribution in [0.5, 0.6) is 5.75 Å². The van der Waals surface area contributed by atoms with Gasteiger partial charge in [-0.3, -0.25) is 9.36 Å². The van der Waals surface area contributed by atoms with E-state index in [1.165, 1.54) is 11.8 Å². The molecular weight excluding hydrogens is 360 g/mol. The molecule has 1 amide bonds. The van der Waals surface area contributed by atoms with Crippen molar-refractivity contribution in [3.63, 3.8) is 0 Å². The lowest BCUT2D eigenvalue weighted by molar-refractivity contribution is -0.115. The van der Waals surface area contributed by atoms with Gasteiger partial charge in [-0.15, -0.1) is 0 Å². The van der Waals surface area contributed by atoms with Crippen LogP contribution in [0.2, 0.25) is 0 Å². The minimum atomic E-state index is -0.347. The quantitative estimate of drug-likeness (QED) is 0.659. The summed E-state index contributed by atoms with van der Waals surface area (Å²) in [5.41, 5.74) is 2.15. The summed E-state index contributed by atoms with van der Waals surface area (Å²) in [4.78, 5) is 16.8. The van der Waals surface area contributed by atoms with Gasteiger partial charge in [-0.2, -0.15) is 5.26 Å². The predicted molar refractivity (Wildman–Crippen MR) is 105 cm³/mol. The van der Waals surface area contributed by atoms with Crippen molar-refractivity contribution in [1.82, 2.24) is 9.55 Å². The molecule has 0 aliphatic carbocycles. The topological polar surface area (TPSA) is 79.9 Å². The highest BCUT2D eigenvalue weighted by atomic mass is 32.2. The summed E-state index contributed by atoms with van der Waals surface area (Å²) in [5, 5.41) is 12.1. The van der Waals surface area contributed by atoms with Crippen LogP contribution in [0, 0.1) is 11.3 Å². The van der Waals surface area contributed by atoms with E-state index in [9.17, 15) is 4.79 Å². The van der Waals surface area contributed by atoms with E-state index in [1.54, 1.807) is 37.6 Å². The number of carbonyl (C=O) groups is 1. The number of rotatable bonds is 6. The Kier molecular flexibility index (Phi) is 5.79. The molecule has 0 bridgehead atoms. The highest BCUT2D eigenvalue weighted by Crippen LogP contribution is 2.26. The van der Waals surface area contributed by atoms with Gasteiger partial charge in [0.25, 0.3) is 0 Å². The minimum absolute atomic E-state index is 0.131. The van der Waals surface area contributed by atoms with E-state index in [0.29, 0.717) is 11.3 Å². The van der Waals surface area contributed by atoms with Gasteiger partial charge in [-0.05, 0) is 55.5 Å². The summed E-state index contributed by atoms with van der Waals surface area (Å²) in [6, 6.07) is 16.5. The summed E-state index contributed by atoms with van der Waals surface area (Å²) < 4.78 is 7.11. The molecule has 136 valence electrons. The number of nitriles is 1. The number of ether oxygens (including phenoxy) is 1. The van der Waals surface area contributed by atoms with Gasteiger partial charge in [0.15, 0.2) is 5.16 Å². The summed E-state index contributed by atoms with van der Waals surface area (Å²) in [6.07, 6.45) is 3.56. The second-order valence-electron chi connectivity index (χ2n) is 5.72. The predicted octanol–water partition coefficient (Wildman–Crippen LogP) is 3.87. The molecule has 0 saturated heterocycles. The molecule has 1 atom stereocenters. The number of methoxy groups -OCH3 is 1. The van der Waals surface area contributed by atoms with Crippen molar-refractivity contribution in [2.75, 3.05) is 12.4 Å². The van der Waals surface area contributed by atoms with Crippen LogP contribution in [0.3, 0.4) is 0 Å². The van der Waals surface area contributed by atoms with Crippen LogP contribution in [0.4, 0.5) is 5.69 Å². The second kappa shape index (κ2) is 8.43. The third-order valence-corrected chi connectivity index (χ3v) is 4.97. The number of carbonyl (C=O) groups excluding carboxylic acids is 1. The van der Waals surface area contributed by atoms with Crippen molar-refractivity contribution < 1.29 is 9.53 Å². The van der Waals surface area contributed by atoms with Crippen LogP contribution in [0.1, 0.15) is 12.5 Å². The normalized spacial score (nSPS) is 11.4. The first kappa shape index (κ1) is 18.5. The molecule has 0 aliphatic rings. The average molecular weight is 378 g/mol. The fourth-order valence-electron chi connectivity index (χ4n) is 2.40. The number of nitrogens with one attached hydrogen (secondary N) is 1. The first-order chi connectivity index (χ1) is 13.1. The number of anilines is 1. The molecule has 1 aromatic heterocycles. The smallest absolute Gasteiger partial charge is 0.237 e.